The van der Waals surface area contributed by atoms with E-state index in [1.54, 1.807) is 12.1 Å². The molecule has 1 aromatic heterocycles. The fourth-order valence-electron chi connectivity index (χ4n) is 2.36. The molecule has 0 radical (unpaired) electrons. The Labute approximate surface area is 134 Å². The van der Waals surface area contributed by atoms with E-state index in [2.05, 4.69) is 20.6 Å². The van der Waals surface area contributed by atoms with Crippen molar-refractivity contribution in [2.24, 2.45) is 0 Å². The van der Waals surface area contributed by atoms with Gasteiger partial charge in [0.15, 0.2) is 9.84 Å². The first-order valence-corrected chi connectivity index (χ1v) is 9.00. The molecule has 0 bridgehead atoms. The van der Waals surface area contributed by atoms with Crippen molar-refractivity contribution in [2.75, 3.05) is 22.1 Å². The van der Waals surface area contributed by atoms with Crippen LogP contribution >= 0.6 is 0 Å². The minimum Gasteiger partial charge on any atom is -0.350 e. The highest BCUT2D eigenvalue weighted by molar-refractivity contribution is 7.91. The van der Waals surface area contributed by atoms with Gasteiger partial charge in [0.05, 0.1) is 11.5 Å². The number of hydrogen-bond acceptors (Lipinski definition) is 6. The van der Waals surface area contributed by atoms with Gasteiger partial charge in [-0.15, -0.1) is 0 Å². The lowest BCUT2D eigenvalue weighted by molar-refractivity contribution is 0.102. The highest BCUT2D eigenvalue weighted by Gasteiger charge is 2.28. The van der Waals surface area contributed by atoms with E-state index < -0.39 is 9.84 Å². The monoisotopic (exact) mass is 332 g/mol. The van der Waals surface area contributed by atoms with E-state index in [-0.39, 0.29) is 35.1 Å². The van der Waals surface area contributed by atoms with Gasteiger partial charge in [-0.25, -0.2) is 18.4 Å². The molecule has 1 fully saturated rings. The second-order valence-electron chi connectivity index (χ2n) is 5.33. The SMILES string of the molecule is O=C(Nc1ccccc1)c1ccnc(NC2CCS(=O)(=O)C2)n1. The van der Waals surface area contributed by atoms with Crippen molar-refractivity contribution in [1.29, 1.82) is 0 Å². The van der Waals surface area contributed by atoms with Crippen molar-refractivity contribution < 1.29 is 13.2 Å². The molecule has 1 aliphatic heterocycles. The Morgan fingerprint density at radius 3 is 2.65 bits per heavy atom. The molecule has 23 heavy (non-hydrogen) atoms. The van der Waals surface area contributed by atoms with Gasteiger partial charge in [-0.2, -0.15) is 0 Å². The van der Waals surface area contributed by atoms with Crippen LogP contribution in [-0.2, 0) is 9.84 Å². The number of rotatable bonds is 4. The molecule has 1 aromatic carbocycles. The molecule has 0 aliphatic carbocycles. The quantitative estimate of drug-likeness (QED) is 0.876. The lowest BCUT2D eigenvalue weighted by Crippen LogP contribution is -2.23. The second-order valence-corrected chi connectivity index (χ2v) is 7.56. The summed E-state index contributed by atoms with van der Waals surface area (Å²) < 4.78 is 22.9. The van der Waals surface area contributed by atoms with E-state index >= 15 is 0 Å². The number of carbonyl (C=O) groups is 1. The summed E-state index contributed by atoms with van der Waals surface area (Å²) in [5.74, 6) is 0.142. The summed E-state index contributed by atoms with van der Waals surface area (Å²) in [6.07, 6.45) is 1.99. The summed E-state index contributed by atoms with van der Waals surface area (Å²) >= 11 is 0. The van der Waals surface area contributed by atoms with Crippen LogP contribution in [0.5, 0.6) is 0 Å². The van der Waals surface area contributed by atoms with Crippen molar-refractivity contribution in [2.45, 2.75) is 12.5 Å². The molecule has 120 valence electrons. The van der Waals surface area contributed by atoms with Gasteiger partial charge in [0.25, 0.3) is 5.91 Å². The summed E-state index contributed by atoms with van der Waals surface area (Å²) in [5.41, 5.74) is 0.889. The van der Waals surface area contributed by atoms with Crippen LogP contribution in [0, 0.1) is 0 Å². The molecule has 1 aliphatic rings. The van der Waals surface area contributed by atoms with E-state index in [9.17, 15) is 13.2 Å². The van der Waals surface area contributed by atoms with Gasteiger partial charge in [0, 0.05) is 17.9 Å². The minimum absolute atomic E-state index is 0.0663. The molecule has 1 amide bonds. The third-order valence-corrected chi connectivity index (χ3v) is 5.25. The molecule has 7 nitrogen and oxygen atoms in total. The predicted octanol–water partition coefficient (Wildman–Crippen LogP) is 1.33. The molecular formula is C15H16N4O3S. The van der Waals surface area contributed by atoms with E-state index in [0.29, 0.717) is 12.1 Å². The van der Waals surface area contributed by atoms with Crippen molar-refractivity contribution in [3.63, 3.8) is 0 Å². The van der Waals surface area contributed by atoms with Crippen LogP contribution in [0.2, 0.25) is 0 Å². The highest BCUT2D eigenvalue weighted by atomic mass is 32.2. The lowest BCUT2D eigenvalue weighted by atomic mass is 10.3. The van der Waals surface area contributed by atoms with Crippen molar-refractivity contribution in [1.82, 2.24) is 9.97 Å². The number of nitrogens with one attached hydrogen (secondary N) is 2. The van der Waals surface area contributed by atoms with E-state index in [1.165, 1.54) is 12.3 Å². The third-order valence-electron chi connectivity index (χ3n) is 3.49. The van der Waals surface area contributed by atoms with Crippen LogP contribution < -0.4 is 10.6 Å². The summed E-state index contributed by atoms with van der Waals surface area (Å²) in [4.78, 5) is 20.4. The number of sulfone groups is 1. The lowest BCUT2D eigenvalue weighted by Gasteiger charge is -2.11. The fraction of sp³-hybridized carbons (Fsp3) is 0.267. The molecule has 0 spiro atoms. The molecule has 1 unspecified atom stereocenters. The Kier molecular flexibility index (Phi) is 4.24. The topological polar surface area (TPSA) is 101 Å². The molecule has 0 saturated carbocycles. The zero-order valence-corrected chi connectivity index (χ0v) is 13.1. The Bertz CT molecular complexity index is 808. The zero-order chi connectivity index (χ0) is 16.3. The number of amides is 1. The molecule has 1 atom stereocenters. The fourth-order valence-corrected chi connectivity index (χ4v) is 4.04. The summed E-state index contributed by atoms with van der Waals surface area (Å²) in [6, 6.07) is 10.4. The highest BCUT2D eigenvalue weighted by Crippen LogP contribution is 2.15. The van der Waals surface area contributed by atoms with Crippen LogP contribution in [0.4, 0.5) is 11.6 Å². The average Bonchev–Trinajstić information content (AvgIpc) is 2.87. The van der Waals surface area contributed by atoms with Crippen LogP contribution in [0.1, 0.15) is 16.9 Å². The zero-order valence-electron chi connectivity index (χ0n) is 12.3. The van der Waals surface area contributed by atoms with E-state index in [0.717, 1.165) is 0 Å². The summed E-state index contributed by atoms with van der Waals surface area (Å²) in [7, 11) is -2.98. The first-order chi connectivity index (χ1) is 11.0. The Morgan fingerprint density at radius 2 is 1.96 bits per heavy atom. The number of benzene rings is 1. The summed E-state index contributed by atoms with van der Waals surface area (Å²) in [5, 5.41) is 5.71. The molecule has 2 heterocycles. The van der Waals surface area contributed by atoms with Crippen molar-refractivity contribution in [3.8, 4) is 0 Å². The Hall–Kier alpha value is -2.48. The number of nitrogens with zero attached hydrogens (tertiary/aromatic N) is 2. The molecule has 2 aromatic rings. The van der Waals surface area contributed by atoms with Gasteiger partial charge in [-0.1, -0.05) is 18.2 Å². The first-order valence-electron chi connectivity index (χ1n) is 7.18. The van der Waals surface area contributed by atoms with Gasteiger partial charge in [-0.05, 0) is 24.6 Å². The van der Waals surface area contributed by atoms with E-state index in [4.69, 9.17) is 0 Å². The smallest absolute Gasteiger partial charge is 0.274 e. The maximum absolute atomic E-state index is 12.2. The van der Waals surface area contributed by atoms with Crippen LogP contribution in [-0.4, -0.2) is 41.8 Å². The number of carbonyl (C=O) groups excluding carboxylic acids is 1. The number of hydrogen-bond donors (Lipinski definition) is 2. The van der Waals surface area contributed by atoms with Gasteiger partial charge >= 0.3 is 0 Å². The van der Waals surface area contributed by atoms with Crippen molar-refractivity contribution in [3.05, 3.63) is 48.3 Å². The second kappa shape index (κ2) is 6.33. The normalized spacial score (nSPS) is 19.2. The van der Waals surface area contributed by atoms with Crippen molar-refractivity contribution >= 4 is 27.4 Å². The largest absolute Gasteiger partial charge is 0.350 e. The van der Waals surface area contributed by atoms with Gasteiger partial charge in [0.2, 0.25) is 5.95 Å². The average molecular weight is 332 g/mol. The maximum atomic E-state index is 12.2. The Balaban J connectivity index is 1.69. The Morgan fingerprint density at radius 1 is 1.17 bits per heavy atom. The van der Waals surface area contributed by atoms with Gasteiger partial charge < -0.3 is 10.6 Å². The van der Waals surface area contributed by atoms with Crippen LogP contribution in [0.25, 0.3) is 0 Å². The number of aromatic nitrogens is 2. The molecular weight excluding hydrogens is 316 g/mol. The molecule has 3 rings (SSSR count). The standard InChI is InChI=1S/C15H16N4O3S/c20-14(17-11-4-2-1-3-5-11)13-6-8-16-15(19-13)18-12-7-9-23(21,22)10-12/h1-6,8,12H,7,9-10H2,(H,17,20)(H,16,18,19). The number of anilines is 2. The maximum Gasteiger partial charge on any atom is 0.274 e. The number of para-hydroxylation sites is 1. The molecule has 1 saturated heterocycles. The van der Waals surface area contributed by atoms with Gasteiger partial charge in [-0.3, -0.25) is 4.79 Å². The third kappa shape index (κ3) is 4.04. The van der Waals surface area contributed by atoms with Crippen LogP contribution in [0.15, 0.2) is 42.6 Å². The van der Waals surface area contributed by atoms with Gasteiger partial charge in [0.1, 0.15) is 5.69 Å². The predicted molar refractivity (Wildman–Crippen MR) is 87.1 cm³/mol. The first kappa shape index (κ1) is 15.4. The summed E-state index contributed by atoms with van der Waals surface area (Å²) in [6.45, 7) is 0. The molecule has 8 heteroatoms. The minimum atomic E-state index is -2.98. The van der Waals surface area contributed by atoms with E-state index in [1.807, 2.05) is 18.2 Å². The molecule has 2 N–H and O–H groups in total. The van der Waals surface area contributed by atoms with Crippen LogP contribution in [0.3, 0.4) is 0 Å².